The third-order valence-corrected chi connectivity index (χ3v) is 6.80. The quantitative estimate of drug-likeness (QED) is 0.309. The van der Waals surface area contributed by atoms with Crippen LogP contribution in [0.25, 0.3) is 10.9 Å². The normalized spacial score (nSPS) is 16.4. The average molecular weight is 476 g/mol. The summed E-state index contributed by atoms with van der Waals surface area (Å²) >= 11 is 6.20. The molecule has 2 aliphatic heterocycles. The molecule has 0 radical (unpaired) electrons. The van der Waals surface area contributed by atoms with Gasteiger partial charge in [-0.2, -0.15) is 9.97 Å². The van der Waals surface area contributed by atoms with Crippen LogP contribution >= 0.6 is 11.6 Å². The fourth-order valence-corrected chi connectivity index (χ4v) is 4.97. The highest BCUT2D eigenvalue weighted by molar-refractivity contribution is 6.31. The number of rotatable bonds is 7. The summed E-state index contributed by atoms with van der Waals surface area (Å²) in [6, 6.07) is 14.4. The lowest BCUT2D eigenvalue weighted by Crippen LogP contribution is -2.34. The Balaban J connectivity index is 1.21. The Labute approximate surface area is 202 Å². The van der Waals surface area contributed by atoms with Crippen LogP contribution in [0.1, 0.15) is 29.2 Å². The maximum Gasteiger partial charge on any atom is 0.226 e. The van der Waals surface area contributed by atoms with Gasteiger partial charge in [0.15, 0.2) is 5.82 Å². The van der Waals surface area contributed by atoms with Crippen molar-refractivity contribution in [2.75, 3.05) is 35.8 Å². The first kappa shape index (κ1) is 21.1. The van der Waals surface area contributed by atoms with Gasteiger partial charge in [0.05, 0.1) is 18.7 Å². The van der Waals surface area contributed by atoms with E-state index in [4.69, 9.17) is 26.3 Å². The highest BCUT2D eigenvalue weighted by Crippen LogP contribution is 2.41. The fourth-order valence-electron chi connectivity index (χ4n) is 4.80. The number of hydrogen-bond acceptors (Lipinski definition) is 7. The van der Waals surface area contributed by atoms with Crippen molar-refractivity contribution in [1.82, 2.24) is 20.4 Å². The molecule has 6 rings (SSSR count). The predicted octanol–water partition coefficient (Wildman–Crippen LogP) is 4.66. The van der Waals surface area contributed by atoms with Crippen LogP contribution in [0.5, 0.6) is 5.75 Å². The molecule has 0 fully saturated rings. The number of anilines is 3. The van der Waals surface area contributed by atoms with Crippen LogP contribution in [0.2, 0.25) is 5.02 Å². The lowest BCUT2D eigenvalue weighted by Gasteiger charge is -2.32. The average Bonchev–Trinajstić information content (AvgIpc) is 3.46. The molecule has 0 spiro atoms. The summed E-state index contributed by atoms with van der Waals surface area (Å²) in [5.41, 5.74) is 11.3. The van der Waals surface area contributed by atoms with Gasteiger partial charge in [0.1, 0.15) is 11.6 Å². The number of nitrogens with one attached hydrogen (secondary N) is 4. The number of hydrazine groups is 1. The summed E-state index contributed by atoms with van der Waals surface area (Å²) < 4.78 is 5.30. The minimum absolute atomic E-state index is 0.238. The number of aromatic nitrogens is 3. The topological polar surface area (TPSA) is 90.1 Å². The Morgan fingerprint density at radius 2 is 2.06 bits per heavy atom. The molecule has 0 bridgehead atoms. The summed E-state index contributed by atoms with van der Waals surface area (Å²) in [6.07, 6.45) is 3.88. The molecule has 4 heterocycles. The van der Waals surface area contributed by atoms with Crippen molar-refractivity contribution in [2.24, 2.45) is 0 Å². The van der Waals surface area contributed by atoms with Crippen LogP contribution in [0.3, 0.4) is 0 Å². The molecule has 174 valence electrons. The van der Waals surface area contributed by atoms with Crippen LogP contribution in [0.15, 0.2) is 48.7 Å². The number of methoxy groups -OCH3 is 1. The van der Waals surface area contributed by atoms with E-state index in [1.807, 2.05) is 36.5 Å². The smallest absolute Gasteiger partial charge is 0.226 e. The number of nitrogens with zero attached hydrogens (tertiary/aromatic N) is 3. The maximum atomic E-state index is 6.20. The summed E-state index contributed by atoms with van der Waals surface area (Å²) in [5.74, 6) is 3.33. The second-order valence-electron chi connectivity index (χ2n) is 8.69. The third-order valence-electron chi connectivity index (χ3n) is 6.57. The fraction of sp³-hybridized carbons (Fsp3) is 0.280. The maximum absolute atomic E-state index is 6.20. The summed E-state index contributed by atoms with van der Waals surface area (Å²) in [4.78, 5) is 15.3. The van der Waals surface area contributed by atoms with E-state index in [-0.39, 0.29) is 6.04 Å². The predicted molar refractivity (Wildman–Crippen MR) is 136 cm³/mol. The second-order valence-corrected chi connectivity index (χ2v) is 9.13. The molecule has 2 aromatic heterocycles. The van der Waals surface area contributed by atoms with Gasteiger partial charge in [-0.1, -0.05) is 23.7 Å². The summed E-state index contributed by atoms with van der Waals surface area (Å²) in [6.45, 7) is 2.42. The standard InChI is InChI=1S/C25H26ClN7O/c1-34-18-5-2-15(3-6-18)14-33-11-9-21-22-23(32-31-21)29-25(30-24(22)33)27-10-8-16-13-28-20-7-4-17(26)12-19(16)20/h2-7,12-13,21,28,31H,8-11,14H2,1H3,(H2,27,29,30,32). The molecule has 34 heavy (non-hydrogen) atoms. The highest BCUT2D eigenvalue weighted by Gasteiger charge is 2.34. The minimum atomic E-state index is 0.238. The van der Waals surface area contributed by atoms with Crippen LogP contribution in [0, 0.1) is 0 Å². The van der Waals surface area contributed by atoms with Crippen LogP contribution in [-0.2, 0) is 13.0 Å². The van der Waals surface area contributed by atoms with E-state index in [1.54, 1.807) is 7.11 Å². The first-order chi connectivity index (χ1) is 16.7. The SMILES string of the molecule is COc1ccc(CN2CCC3NNc4nc(NCCc5c[nH]c6ccc(Cl)cc56)nc2c43)cc1. The van der Waals surface area contributed by atoms with E-state index >= 15 is 0 Å². The van der Waals surface area contributed by atoms with Gasteiger partial charge >= 0.3 is 0 Å². The number of ether oxygens (including phenoxy) is 1. The van der Waals surface area contributed by atoms with E-state index in [1.165, 1.54) is 11.1 Å². The molecule has 9 heteroatoms. The highest BCUT2D eigenvalue weighted by atomic mass is 35.5. The summed E-state index contributed by atoms with van der Waals surface area (Å²) in [5, 5.41) is 5.32. The van der Waals surface area contributed by atoms with E-state index in [0.29, 0.717) is 12.5 Å². The summed E-state index contributed by atoms with van der Waals surface area (Å²) in [7, 11) is 1.69. The molecule has 0 saturated carbocycles. The van der Waals surface area contributed by atoms with Crippen LogP contribution in [0.4, 0.5) is 17.6 Å². The largest absolute Gasteiger partial charge is 0.497 e. The first-order valence-corrected chi connectivity index (χ1v) is 11.9. The van der Waals surface area contributed by atoms with Crippen molar-refractivity contribution >= 4 is 40.1 Å². The van der Waals surface area contributed by atoms with Gasteiger partial charge in [-0.15, -0.1) is 0 Å². The Hall–Kier alpha value is -3.49. The Bertz CT molecular complexity index is 1340. The lowest BCUT2D eigenvalue weighted by atomic mass is 10.0. The molecule has 0 saturated heterocycles. The van der Waals surface area contributed by atoms with Crippen molar-refractivity contribution in [3.63, 3.8) is 0 Å². The lowest BCUT2D eigenvalue weighted by molar-refractivity contribution is 0.414. The van der Waals surface area contributed by atoms with Gasteiger partial charge in [0, 0.05) is 41.8 Å². The van der Waals surface area contributed by atoms with E-state index in [9.17, 15) is 0 Å². The van der Waals surface area contributed by atoms with Crippen molar-refractivity contribution in [1.29, 1.82) is 0 Å². The molecular weight excluding hydrogens is 450 g/mol. The van der Waals surface area contributed by atoms with Crippen molar-refractivity contribution < 1.29 is 4.74 Å². The van der Waals surface area contributed by atoms with Crippen molar-refractivity contribution in [3.05, 3.63) is 70.4 Å². The number of hydrogen-bond donors (Lipinski definition) is 4. The molecule has 2 aromatic carbocycles. The van der Waals surface area contributed by atoms with Gasteiger partial charge < -0.3 is 25.4 Å². The molecule has 8 nitrogen and oxygen atoms in total. The minimum Gasteiger partial charge on any atom is -0.497 e. The second kappa shape index (κ2) is 8.70. The molecule has 1 unspecified atom stereocenters. The molecule has 0 amide bonds. The number of aromatic amines is 1. The zero-order valence-corrected chi connectivity index (χ0v) is 19.6. The number of benzene rings is 2. The van der Waals surface area contributed by atoms with Crippen LogP contribution in [-0.4, -0.2) is 35.2 Å². The Morgan fingerprint density at radius 1 is 1.18 bits per heavy atom. The third kappa shape index (κ3) is 3.89. The zero-order chi connectivity index (χ0) is 23.1. The first-order valence-electron chi connectivity index (χ1n) is 11.5. The Kier molecular flexibility index (Phi) is 5.39. The van der Waals surface area contributed by atoms with Gasteiger partial charge in [-0.25, -0.2) is 5.43 Å². The van der Waals surface area contributed by atoms with Gasteiger partial charge in [-0.05, 0) is 54.3 Å². The molecule has 0 aliphatic carbocycles. The van der Waals surface area contributed by atoms with E-state index in [0.717, 1.165) is 64.8 Å². The van der Waals surface area contributed by atoms with Crippen LogP contribution < -0.4 is 25.8 Å². The number of halogens is 1. The monoisotopic (exact) mass is 475 g/mol. The van der Waals surface area contributed by atoms with Gasteiger partial charge in [0.2, 0.25) is 5.95 Å². The van der Waals surface area contributed by atoms with Gasteiger partial charge in [0.25, 0.3) is 0 Å². The molecule has 1 atom stereocenters. The van der Waals surface area contributed by atoms with E-state index < -0.39 is 0 Å². The molecular formula is C25H26ClN7O. The van der Waals surface area contributed by atoms with Crippen molar-refractivity contribution in [2.45, 2.75) is 25.4 Å². The molecule has 4 aromatic rings. The molecule has 4 N–H and O–H groups in total. The molecule has 2 aliphatic rings. The number of fused-ring (bicyclic) bond motifs is 1. The Morgan fingerprint density at radius 3 is 2.91 bits per heavy atom. The van der Waals surface area contributed by atoms with Crippen molar-refractivity contribution in [3.8, 4) is 5.75 Å². The van der Waals surface area contributed by atoms with E-state index in [2.05, 4.69) is 38.2 Å². The van der Waals surface area contributed by atoms with Gasteiger partial charge in [-0.3, -0.25) is 0 Å². The number of H-pyrrole nitrogens is 1. The zero-order valence-electron chi connectivity index (χ0n) is 18.9.